The summed E-state index contributed by atoms with van der Waals surface area (Å²) in [6, 6.07) is 15.7. The number of aryl methyl sites for hydroxylation is 1. The van der Waals surface area contributed by atoms with Crippen LogP contribution >= 0.6 is 0 Å². The zero-order chi connectivity index (χ0) is 29.2. The minimum Gasteiger partial charge on any atom is -0.462 e. The van der Waals surface area contributed by atoms with Gasteiger partial charge in [0, 0.05) is 48.9 Å². The van der Waals surface area contributed by atoms with Gasteiger partial charge in [-0.15, -0.1) is 0 Å². The molecule has 3 aliphatic heterocycles. The molecule has 2 fully saturated rings. The molecule has 0 radical (unpaired) electrons. The molecule has 42 heavy (non-hydrogen) atoms. The number of likely N-dealkylation sites (N-methyl/N-ethyl adjacent to an activating group) is 1. The molecule has 0 saturated carbocycles. The van der Waals surface area contributed by atoms with Crippen molar-refractivity contribution in [2.24, 2.45) is 5.73 Å². The molecule has 3 aliphatic rings. The van der Waals surface area contributed by atoms with Crippen molar-refractivity contribution in [2.45, 2.75) is 51.2 Å². The number of carbonyl (C=O) groups is 1. The predicted octanol–water partition coefficient (Wildman–Crippen LogP) is 2.86. The van der Waals surface area contributed by atoms with E-state index in [9.17, 15) is 10.1 Å². The first kappa shape index (κ1) is 28.2. The van der Waals surface area contributed by atoms with Crippen LogP contribution in [0.5, 0.6) is 6.01 Å². The first-order chi connectivity index (χ1) is 20.5. The molecule has 1 amide bonds. The molecular formula is C32H40N8O2. The highest BCUT2D eigenvalue weighted by Crippen LogP contribution is 2.36. The summed E-state index contributed by atoms with van der Waals surface area (Å²) in [5.74, 6) is 0.747. The Hall–Kier alpha value is -3.94. The lowest BCUT2D eigenvalue weighted by Crippen LogP contribution is -2.57. The van der Waals surface area contributed by atoms with Crippen molar-refractivity contribution >= 4 is 28.2 Å². The summed E-state index contributed by atoms with van der Waals surface area (Å²) < 4.78 is 6.30. The van der Waals surface area contributed by atoms with E-state index < -0.39 is 0 Å². The monoisotopic (exact) mass is 568 g/mol. The highest BCUT2D eigenvalue weighted by molar-refractivity contribution is 5.97. The van der Waals surface area contributed by atoms with Crippen molar-refractivity contribution in [1.29, 1.82) is 5.26 Å². The fourth-order valence-corrected chi connectivity index (χ4v) is 6.82. The number of amides is 1. The number of hydrogen-bond donors (Lipinski definition) is 1. The molecule has 6 rings (SSSR count). The van der Waals surface area contributed by atoms with Crippen LogP contribution in [0.4, 0.5) is 11.5 Å². The number of hydrogen-bond acceptors (Lipinski definition) is 9. The van der Waals surface area contributed by atoms with E-state index in [1.54, 1.807) is 4.90 Å². The van der Waals surface area contributed by atoms with Crippen molar-refractivity contribution in [1.82, 2.24) is 19.8 Å². The summed E-state index contributed by atoms with van der Waals surface area (Å²) in [4.78, 5) is 31.2. The standard InChI is InChI=1S/C32H40N8O2/c1-22-6-3-7-23-8-4-10-28(30(22)23)38-15-12-26-27(20-38)35-32(42-21-25-9-5-14-37(25)2)36-31(26)39-16-17-40(29(41)18-34)24(19-39)11-13-33/h3-4,6-8,10,24-25H,5,9,11-12,14-21,34H2,1-2H3/t24-,25-/m0/s1. The molecule has 2 atom stereocenters. The molecule has 1 aromatic heterocycles. The van der Waals surface area contributed by atoms with Crippen LogP contribution in [0.2, 0.25) is 0 Å². The van der Waals surface area contributed by atoms with Crippen molar-refractivity contribution in [3.8, 4) is 12.1 Å². The highest BCUT2D eigenvalue weighted by Gasteiger charge is 2.34. The predicted molar refractivity (Wildman–Crippen MR) is 164 cm³/mol. The normalized spacial score (nSPS) is 21.0. The number of nitrogens with two attached hydrogens (primary N) is 1. The van der Waals surface area contributed by atoms with Crippen LogP contribution in [0.3, 0.4) is 0 Å². The molecule has 2 N–H and O–H groups in total. The van der Waals surface area contributed by atoms with Gasteiger partial charge in [-0.3, -0.25) is 4.79 Å². The number of nitriles is 1. The third kappa shape index (κ3) is 5.46. The molecule has 0 unspecified atom stereocenters. The number of carbonyl (C=O) groups excluding carboxylic acids is 1. The highest BCUT2D eigenvalue weighted by atomic mass is 16.5. The van der Waals surface area contributed by atoms with Crippen LogP contribution in [0.15, 0.2) is 36.4 Å². The van der Waals surface area contributed by atoms with Gasteiger partial charge in [0.2, 0.25) is 5.91 Å². The molecule has 3 aromatic rings. The lowest BCUT2D eigenvalue weighted by Gasteiger charge is -2.42. The zero-order valence-corrected chi connectivity index (χ0v) is 24.6. The van der Waals surface area contributed by atoms with Gasteiger partial charge >= 0.3 is 6.01 Å². The van der Waals surface area contributed by atoms with E-state index in [2.05, 4.69) is 71.1 Å². The summed E-state index contributed by atoms with van der Waals surface area (Å²) in [5.41, 5.74) is 10.3. The van der Waals surface area contributed by atoms with Crippen LogP contribution in [0.1, 0.15) is 36.1 Å². The second kappa shape index (κ2) is 12.1. The van der Waals surface area contributed by atoms with E-state index in [0.29, 0.717) is 44.8 Å². The van der Waals surface area contributed by atoms with Crippen molar-refractivity contribution in [3.63, 3.8) is 0 Å². The Balaban J connectivity index is 1.34. The van der Waals surface area contributed by atoms with Gasteiger partial charge < -0.3 is 30.1 Å². The number of likely N-dealkylation sites (tertiary alicyclic amines) is 1. The minimum atomic E-state index is -0.235. The Bertz CT molecular complexity index is 1500. The van der Waals surface area contributed by atoms with Crippen LogP contribution in [0, 0.1) is 18.3 Å². The number of ether oxygens (including phenoxy) is 1. The molecule has 2 saturated heterocycles. The largest absolute Gasteiger partial charge is 0.462 e. The summed E-state index contributed by atoms with van der Waals surface area (Å²) in [7, 11) is 2.14. The second-order valence-corrected chi connectivity index (χ2v) is 11.7. The number of fused-ring (bicyclic) bond motifs is 2. The summed E-state index contributed by atoms with van der Waals surface area (Å²) in [6.07, 6.45) is 3.33. The quantitative estimate of drug-likeness (QED) is 0.459. The topological polar surface area (TPSA) is 115 Å². The van der Waals surface area contributed by atoms with E-state index in [-0.39, 0.29) is 24.9 Å². The van der Waals surface area contributed by atoms with E-state index >= 15 is 0 Å². The fourth-order valence-electron chi connectivity index (χ4n) is 6.82. The molecule has 0 aliphatic carbocycles. The van der Waals surface area contributed by atoms with Crippen LogP contribution in [0.25, 0.3) is 10.8 Å². The maximum absolute atomic E-state index is 12.5. The summed E-state index contributed by atoms with van der Waals surface area (Å²) >= 11 is 0. The zero-order valence-electron chi connectivity index (χ0n) is 24.6. The van der Waals surface area contributed by atoms with Gasteiger partial charge in [-0.2, -0.15) is 15.2 Å². The van der Waals surface area contributed by atoms with Gasteiger partial charge in [0.15, 0.2) is 0 Å². The van der Waals surface area contributed by atoms with Gasteiger partial charge in [0.25, 0.3) is 0 Å². The Kier molecular flexibility index (Phi) is 8.13. The lowest BCUT2D eigenvalue weighted by atomic mass is 9.99. The summed E-state index contributed by atoms with van der Waals surface area (Å²) in [5, 5.41) is 12.0. The molecule has 220 valence electrons. The third-order valence-corrected chi connectivity index (χ3v) is 9.13. The number of anilines is 2. The molecule has 10 nitrogen and oxygen atoms in total. The van der Waals surface area contributed by atoms with E-state index in [4.69, 9.17) is 20.4 Å². The number of benzene rings is 2. The Labute approximate surface area is 247 Å². The van der Waals surface area contributed by atoms with Crippen LogP contribution in [-0.2, 0) is 17.8 Å². The molecule has 2 aromatic carbocycles. The third-order valence-electron chi connectivity index (χ3n) is 9.13. The van der Waals surface area contributed by atoms with Crippen LogP contribution < -0.4 is 20.3 Å². The first-order valence-electron chi connectivity index (χ1n) is 15.0. The average molecular weight is 569 g/mol. The number of rotatable bonds is 7. The SMILES string of the molecule is Cc1cccc2cccc(N3CCc4c(nc(OC[C@@H]5CCCN5C)nc4N4CCN(C(=O)CN)[C@@H](CC#N)C4)C3)c12. The molecular weight excluding hydrogens is 528 g/mol. The minimum absolute atomic E-state index is 0.0537. The van der Waals surface area contributed by atoms with Crippen LogP contribution in [-0.4, -0.2) is 90.7 Å². The Morgan fingerprint density at radius 1 is 1.10 bits per heavy atom. The van der Waals surface area contributed by atoms with Crippen molar-refractivity contribution < 1.29 is 9.53 Å². The van der Waals surface area contributed by atoms with E-state index in [1.807, 2.05) is 0 Å². The molecule has 10 heteroatoms. The van der Waals surface area contributed by atoms with Gasteiger partial charge in [-0.1, -0.05) is 30.3 Å². The molecule has 0 bridgehead atoms. The van der Waals surface area contributed by atoms with Gasteiger partial charge in [-0.25, -0.2) is 0 Å². The van der Waals surface area contributed by atoms with Gasteiger partial charge in [0.1, 0.15) is 12.4 Å². The fraction of sp³-hybridized carbons (Fsp3) is 0.500. The number of aromatic nitrogens is 2. The van der Waals surface area contributed by atoms with E-state index in [1.165, 1.54) is 28.4 Å². The molecule has 0 spiro atoms. The molecule has 4 heterocycles. The van der Waals surface area contributed by atoms with Gasteiger partial charge in [0.05, 0.1) is 37.3 Å². The maximum atomic E-state index is 12.5. The Morgan fingerprint density at radius 2 is 1.93 bits per heavy atom. The smallest absolute Gasteiger partial charge is 0.318 e. The lowest BCUT2D eigenvalue weighted by molar-refractivity contribution is -0.132. The average Bonchev–Trinajstić information content (AvgIpc) is 3.43. The summed E-state index contributed by atoms with van der Waals surface area (Å²) in [6.45, 7) is 6.90. The second-order valence-electron chi connectivity index (χ2n) is 11.7. The van der Waals surface area contributed by atoms with Gasteiger partial charge in [-0.05, 0) is 56.8 Å². The maximum Gasteiger partial charge on any atom is 0.318 e. The Morgan fingerprint density at radius 3 is 2.69 bits per heavy atom. The van der Waals surface area contributed by atoms with E-state index in [0.717, 1.165) is 43.0 Å². The first-order valence-corrected chi connectivity index (χ1v) is 15.0. The number of nitrogens with zero attached hydrogens (tertiary/aromatic N) is 7. The van der Waals surface area contributed by atoms with Crippen molar-refractivity contribution in [2.75, 3.05) is 62.7 Å². The van der Waals surface area contributed by atoms with Crippen molar-refractivity contribution in [3.05, 3.63) is 53.2 Å². The number of piperazine rings is 1.